The summed E-state index contributed by atoms with van der Waals surface area (Å²) in [5, 5.41) is 3.69. The molecule has 21 heavy (non-hydrogen) atoms. The number of nitrogens with one attached hydrogen (secondary N) is 1. The van der Waals surface area contributed by atoms with E-state index in [4.69, 9.17) is 16.3 Å². The number of benzene rings is 2. The molecule has 0 aliphatic carbocycles. The SMILES string of the molecule is CNC(Cc1cccc(OC)c1)c1cc(C)c(F)cc1Cl. The Labute approximate surface area is 129 Å². The fourth-order valence-corrected chi connectivity index (χ4v) is 2.63. The smallest absolute Gasteiger partial charge is 0.127 e. The number of hydrogen-bond donors (Lipinski definition) is 1. The predicted octanol–water partition coefficient (Wildman–Crippen LogP) is 4.30. The fraction of sp³-hybridized carbons (Fsp3) is 0.294. The number of rotatable bonds is 5. The first-order chi connectivity index (χ1) is 10.0. The summed E-state index contributed by atoms with van der Waals surface area (Å²) in [5.74, 6) is 0.545. The lowest BCUT2D eigenvalue weighted by Crippen LogP contribution is -2.19. The molecule has 0 fully saturated rings. The highest BCUT2D eigenvalue weighted by atomic mass is 35.5. The van der Waals surface area contributed by atoms with Gasteiger partial charge in [0.25, 0.3) is 0 Å². The second-order valence-electron chi connectivity index (χ2n) is 5.02. The Balaban J connectivity index is 2.29. The highest BCUT2D eigenvalue weighted by Gasteiger charge is 2.16. The van der Waals surface area contributed by atoms with Gasteiger partial charge >= 0.3 is 0 Å². The summed E-state index contributed by atoms with van der Waals surface area (Å²) < 4.78 is 18.8. The van der Waals surface area contributed by atoms with Crippen molar-refractivity contribution >= 4 is 11.6 Å². The minimum absolute atomic E-state index is 0.0175. The Morgan fingerprint density at radius 1 is 1.29 bits per heavy atom. The first-order valence-electron chi connectivity index (χ1n) is 6.81. The minimum Gasteiger partial charge on any atom is -0.497 e. The second kappa shape index (κ2) is 6.92. The normalized spacial score (nSPS) is 12.2. The van der Waals surface area contributed by atoms with Crippen LogP contribution in [-0.4, -0.2) is 14.2 Å². The molecular formula is C17H19ClFNO. The molecule has 0 bridgehead atoms. The number of methoxy groups -OCH3 is 1. The molecule has 0 saturated heterocycles. The van der Waals surface area contributed by atoms with Gasteiger partial charge in [-0.2, -0.15) is 0 Å². The number of hydrogen-bond acceptors (Lipinski definition) is 2. The van der Waals surface area contributed by atoms with Gasteiger partial charge in [-0.25, -0.2) is 4.39 Å². The van der Waals surface area contributed by atoms with Crippen molar-refractivity contribution in [2.24, 2.45) is 0 Å². The van der Waals surface area contributed by atoms with Gasteiger partial charge in [-0.1, -0.05) is 29.8 Å². The topological polar surface area (TPSA) is 21.3 Å². The molecule has 2 nitrogen and oxygen atoms in total. The zero-order valence-electron chi connectivity index (χ0n) is 12.4. The maximum absolute atomic E-state index is 13.5. The average Bonchev–Trinajstić information content (AvgIpc) is 2.49. The van der Waals surface area contributed by atoms with Gasteiger partial charge in [0.15, 0.2) is 0 Å². The molecule has 0 saturated carbocycles. The second-order valence-corrected chi connectivity index (χ2v) is 5.43. The molecule has 1 unspecified atom stereocenters. The van der Waals surface area contributed by atoms with Crippen LogP contribution >= 0.6 is 11.6 Å². The van der Waals surface area contributed by atoms with Crippen molar-refractivity contribution in [1.29, 1.82) is 0 Å². The van der Waals surface area contributed by atoms with E-state index in [1.807, 2.05) is 31.3 Å². The lowest BCUT2D eigenvalue weighted by molar-refractivity contribution is 0.414. The molecular weight excluding hydrogens is 289 g/mol. The molecule has 4 heteroatoms. The average molecular weight is 308 g/mol. The van der Waals surface area contributed by atoms with Gasteiger partial charge in [0, 0.05) is 11.1 Å². The van der Waals surface area contributed by atoms with Crippen LogP contribution in [0.3, 0.4) is 0 Å². The van der Waals surface area contributed by atoms with Crippen LogP contribution in [0.2, 0.25) is 5.02 Å². The molecule has 0 amide bonds. The number of halogens is 2. The first kappa shape index (κ1) is 15.8. The Kier molecular flexibility index (Phi) is 5.21. The maximum atomic E-state index is 13.5. The van der Waals surface area contributed by atoms with E-state index in [2.05, 4.69) is 5.32 Å². The van der Waals surface area contributed by atoms with Crippen LogP contribution in [0.25, 0.3) is 0 Å². The van der Waals surface area contributed by atoms with Crippen molar-refractivity contribution in [2.75, 3.05) is 14.2 Å². The van der Waals surface area contributed by atoms with Gasteiger partial charge in [-0.05, 0) is 55.3 Å². The Hall–Kier alpha value is -1.58. The van der Waals surface area contributed by atoms with Gasteiger partial charge < -0.3 is 10.1 Å². The van der Waals surface area contributed by atoms with Gasteiger partial charge in [0.1, 0.15) is 11.6 Å². The molecule has 0 spiro atoms. The van der Waals surface area contributed by atoms with Crippen molar-refractivity contribution in [3.05, 3.63) is 63.9 Å². The molecule has 1 atom stereocenters. The quantitative estimate of drug-likeness (QED) is 0.889. The third-order valence-corrected chi connectivity index (χ3v) is 3.90. The summed E-state index contributed by atoms with van der Waals surface area (Å²) in [7, 11) is 3.52. The highest BCUT2D eigenvalue weighted by molar-refractivity contribution is 6.31. The third-order valence-electron chi connectivity index (χ3n) is 3.58. The van der Waals surface area contributed by atoms with Crippen LogP contribution in [0.5, 0.6) is 5.75 Å². The van der Waals surface area contributed by atoms with E-state index in [9.17, 15) is 4.39 Å². The molecule has 0 aliphatic rings. The fourth-order valence-electron chi connectivity index (χ4n) is 2.35. The largest absolute Gasteiger partial charge is 0.497 e. The van der Waals surface area contributed by atoms with E-state index in [1.54, 1.807) is 20.1 Å². The summed E-state index contributed by atoms with van der Waals surface area (Å²) in [4.78, 5) is 0. The van der Waals surface area contributed by atoms with Crippen molar-refractivity contribution in [3.8, 4) is 5.75 Å². The van der Waals surface area contributed by atoms with Crippen LogP contribution in [0, 0.1) is 12.7 Å². The zero-order valence-corrected chi connectivity index (χ0v) is 13.2. The number of aryl methyl sites for hydroxylation is 1. The monoisotopic (exact) mass is 307 g/mol. The van der Waals surface area contributed by atoms with Crippen LogP contribution in [-0.2, 0) is 6.42 Å². The molecule has 1 N–H and O–H groups in total. The van der Waals surface area contributed by atoms with Gasteiger partial charge in [0.2, 0.25) is 0 Å². The molecule has 2 aromatic carbocycles. The Morgan fingerprint density at radius 3 is 2.71 bits per heavy atom. The number of ether oxygens (including phenoxy) is 1. The molecule has 0 aromatic heterocycles. The Morgan fingerprint density at radius 2 is 2.05 bits per heavy atom. The predicted molar refractivity (Wildman–Crippen MR) is 84.6 cm³/mol. The lowest BCUT2D eigenvalue weighted by Gasteiger charge is -2.19. The molecule has 112 valence electrons. The summed E-state index contributed by atoms with van der Waals surface area (Å²) in [5.41, 5.74) is 2.63. The van der Waals surface area contributed by atoms with Crippen molar-refractivity contribution < 1.29 is 9.13 Å². The first-order valence-corrected chi connectivity index (χ1v) is 7.18. The molecule has 2 aromatic rings. The highest BCUT2D eigenvalue weighted by Crippen LogP contribution is 2.29. The number of likely N-dealkylation sites (N-methyl/N-ethyl adjacent to an activating group) is 1. The zero-order chi connectivity index (χ0) is 15.4. The molecule has 0 heterocycles. The minimum atomic E-state index is -0.278. The molecule has 0 radical (unpaired) electrons. The molecule has 2 rings (SSSR count). The summed E-state index contributed by atoms with van der Waals surface area (Å²) >= 11 is 6.20. The van der Waals surface area contributed by atoms with E-state index in [1.165, 1.54) is 6.07 Å². The Bertz CT molecular complexity index is 630. The van der Waals surface area contributed by atoms with Crippen LogP contribution in [0.4, 0.5) is 4.39 Å². The standard InChI is InChI=1S/C17H19ClFNO/c1-11-7-14(15(18)10-16(11)19)17(20-2)9-12-5-4-6-13(8-12)21-3/h4-8,10,17,20H,9H2,1-3H3. The maximum Gasteiger partial charge on any atom is 0.127 e. The lowest BCUT2D eigenvalue weighted by atomic mass is 9.97. The third kappa shape index (κ3) is 3.74. The summed E-state index contributed by atoms with van der Waals surface area (Å²) in [6, 6.07) is 11.1. The van der Waals surface area contributed by atoms with Gasteiger partial charge in [0.05, 0.1) is 7.11 Å². The van der Waals surface area contributed by atoms with E-state index >= 15 is 0 Å². The van der Waals surface area contributed by atoms with Crippen molar-refractivity contribution in [2.45, 2.75) is 19.4 Å². The summed E-state index contributed by atoms with van der Waals surface area (Å²) in [6.45, 7) is 1.74. The van der Waals surface area contributed by atoms with E-state index in [0.717, 1.165) is 23.3 Å². The van der Waals surface area contributed by atoms with E-state index in [0.29, 0.717) is 10.6 Å². The van der Waals surface area contributed by atoms with Gasteiger partial charge in [-0.3, -0.25) is 0 Å². The van der Waals surface area contributed by atoms with Crippen molar-refractivity contribution in [3.63, 3.8) is 0 Å². The summed E-state index contributed by atoms with van der Waals surface area (Å²) in [6.07, 6.45) is 0.749. The van der Waals surface area contributed by atoms with Crippen LogP contribution in [0.1, 0.15) is 22.7 Å². The van der Waals surface area contributed by atoms with E-state index in [-0.39, 0.29) is 11.9 Å². The van der Waals surface area contributed by atoms with E-state index < -0.39 is 0 Å². The van der Waals surface area contributed by atoms with Crippen LogP contribution < -0.4 is 10.1 Å². The van der Waals surface area contributed by atoms with Crippen molar-refractivity contribution in [1.82, 2.24) is 5.32 Å². The molecule has 0 aliphatic heterocycles. The van der Waals surface area contributed by atoms with Crippen LogP contribution in [0.15, 0.2) is 36.4 Å². The van der Waals surface area contributed by atoms with Gasteiger partial charge in [-0.15, -0.1) is 0 Å².